The second-order valence-electron chi connectivity index (χ2n) is 5.35. The average Bonchev–Trinajstić information content (AvgIpc) is 2.93. The summed E-state index contributed by atoms with van der Waals surface area (Å²) in [5, 5.41) is 9.02. The van der Waals surface area contributed by atoms with E-state index in [1.54, 1.807) is 11.3 Å². The Balaban J connectivity index is 2.09. The van der Waals surface area contributed by atoms with Gasteiger partial charge in [0.25, 0.3) is 0 Å². The zero-order valence-corrected chi connectivity index (χ0v) is 14.0. The van der Waals surface area contributed by atoms with Crippen molar-refractivity contribution in [3.8, 4) is 0 Å². The van der Waals surface area contributed by atoms with Crippen LogP contribution in [0.3, 0.4) is 0 Å². The van der Waals surface area contributed by atoms with E-state index in [-0.39, 0.29) is 0 Å². The molecule has 0 aromatic carbocycles. The molecule has 4 nitrogen and oxygen atoms in total. The quantitative estimate of drug-likeness (QED) is 0.811. The second kappa shape index (κ2) is 7.41. The summed E-state index contributed by atoms with van der Waals surface area (Å²) in [6.45, 7) is 9.28. The Morgan fingerprint density at radius 2 is 2.00 bits per heavy atom. The highest BCUT2D eigenvalue weighted by Crippen LogP contribution is 2.21. The Morgan fingerprint density at radius 3 is 2.67 bits per heavy atom. The van der Waals surface area contributed by atoms with E-state index in [9.17, 15) is 0 Å². The van der Waals surface area contributed by atoms with Crippen molar-refractivity contribution in [3.63, 3.8) is 0 Å². The highest BCUT2D eigenvalue weighted by atomic mass is 32.1. The van der Waals surface area contributed by atoms with Gasteiger partial charge in [0.15, 0.2) is 0 Å². The van der Waals surface area contributed by atoms with E-state index in [2.05, 4.69) is 58.9 Å². The van der Waals surface area contributed by atoms with Crippen molar-refractivity contribution < 1.29 is 0 Å². The summed E-state index contributed by atoms with van der Waals surface area (Å²) in [5.41, 5.74) is 1.09. The molecule has 0 amide bonds. The van der Waals surface area contributed by atoms with Gasteiger partial charge < -0.3 is 10.6 Å². The summed E-state index contributed by atoms with van der Waals surface area (Å²) in [6.07, 6.45) is 2.10. The van der Waals surface area contributed by atoms with Crippen LogP contribution in [0.15, 0.2) is 17.5 Å². The van der Waals surface area contributed by atoms with Crippen LogP contribution >= 0.6 is 11.3 Å². The van der Waals surface area contributed by atoms with Gasteiger partial charge in [-0.25, -0.2) is 9.97 Å². The minimum atomic E-state index is 0.343. The molecule has 0 bridgehead atoms. The standard InChI is InChI=1S/C16H24N4S/c1-5-8-17-15-12(3)16(20-13(4)19-15)18-11(2)10-14-7-6-9-21-14/h6-7,9,11H,5,8,10H2,1-4H3,(H2,17,18,19,20). The Hall–Kier alpha value is -1.62. The van der Waals surface area contributed by atoms with Crippen LogP contribution in [0.5, 0.6) is 0 Å². The molecule has 2 rings (SSSR count). The van der Waals surface area contributed by atoms with Gasteiger partial charge in [0.1, 0.15) is 17.5 Å². The largest absolute Gasteiger partial charge is 0.370 e. The Morgan fingerprint density at radius 1 is 1.24 bits per heavy atom. The Kier molecular flexibility index (Phi) is 5.56. The van der Waals surface area contributed by atoms with E-state index >= 15 is 0 Å². The molecule has 0 aliphatic rings. The lowest BCUT2D eigenvalue weighted by Gasteiger charge is -2.18. The van der Waals surface area contributed by atoms with Gasteiger partial charge in [0.2, 0.25) is 0 Å². The van der Waals surface area contributed by atoms with Crippen molar-refractivity contribution in [2.75, 3.05) is 17.2 Å². The highest BCUT2D eigenvalue weighted by molar-refractivity contribution is 7.09. The minimum Gasteiger partial charge on any atom is -0.370 e. The van der Waals surface area contributed by atoms with E-state index in [0.717, 1.165) is 42.4 Å². The number of rotatable bonds is 7. The molecular formula is C16H24N4S. The lowest BCUT2D eigenvalue weighted by atomic mass is 10.2. The number of hydrogen-bond donors (Lipinski definition) is 2. The van der Waals surface area contributed by atoms with Gasteiger partial charge in [-0.2, -0.15) is 0 Å². The summed E-state index contributed by atoms with van der Waals surface area (Å²) in [4.78, 5) is 10.4. The molecule has 1 unspecified atom stereocenters. The molecule has 0 aliphatic carbocycles. The normalized spacial score (nSPS) is 12.2. The van der Waals surface area contributed by atoms with Crippen molar-refractivity contribution in [1.82, 2.24) is 9.97 Å². The first-order valence-corrected chi connectivity index (χ1v) is 8.36. The van der Waals surface area contributed by atoms with E-state index in [1.165, 1.54) is 4.88 Å². The number of anilines is 2. The first-order chi connectivity index (χ1) is 10.1. The lowest BCUT2D eigenvalue weighted by Crippen LogP contribution is -2.20. The molecule has 0 saturated carbocycles. The fourth-order valence-electron chi connectivity index (χ4n) is 2.20. The molecule has 2 aromatic rings. The predicted octanol–water partition coefficient (Wildman–Crippen LogP) is 4.02. The third kappa shape index (κ3) is 4.43. The molecule has 0 saturated heterocycles. The Labute approximate surface area is 131 Å². The smallest absolute Gasteiger partial charge is 0.134 e. The molecule has 1 atom stereocenters. The molecule has 2 aromatic heterocycles. The Bertz CT molecular complexity index is 566. The van der Waals surface area contributed by atoms with Gasteiger partial charge in [0, 0.05) is 29.4 Å². The molecule has 0 fully saturated rings. The van der Waals surface area contributed by atoms with Crippen LogP contribution in [0.2, 0.25) is 0 Å². The van der Waals surface area contributed by atoms with Crippen molar-refractivity contribution in [2.45, 2.75) is 46.6 Å². The average molecular weight is 304 g/mol. The summed E-state index contributed by atoms with van der Waals surface area (Å²) in [7, 11) is 0. The number of thiophene rings is 1. The molecule has 0 aliphatic heterocycles. The number of nitrogens with one attached hydrogen (secondary N) is 2. The maximum Gasteiger partial charge on any atom is 0.134 e. The summed E-state index contributed by atoms with van der Waals surface area (Å²) in [6, 6.07) is 4.62. The summed E-state index contributed by atoms with van der Waals surface area (Å²) >= 11 is 1.80. The van der Waals surface area contributed by atoms with Gasteiger partial charge in [-0.1, -0.05) is 13.0 Å². The third-order valence-electron chi connectivity index (χ3n) is 3.27. The summed E-state index contributed by atoms with van der Waals surface area (Å²) in [5.74, 6) is 2.67. The first-order valence-electron chi connectivity index (χ1n) is 7.48. The molecule has 5 heteroatoms. The maximum absolute atomic E-state index is 4.55. The van der Waals surface area contributed by atoms with Crippen molar-refractivity contribution in [3.05, 3.63) is 33.8 Å². The zero-order valence-electron chi connectivity index (χ0n) is 13.2. The number of aromatic nitrogens is 2. The third-order valence-corrected chi connectivity index (χ3v) is 4.17. The van der Waals surface area contributed by atoms with Crippen LogP contribution in [-0.2, 0) is 6.42 Å². The number of aryl methyl sites for hydroxylation is 1. The van der Waals surface area contributed by atoms with Crippen LogP contribution in [-0.4, -0.2) is 22.6 Å². The van der Waals surface area contributed by atoms with Gasteiger partial charge in [-0.3, -0.25) is 0 Å². The highest BCUT2D eigenvalue weighted by Gasteiger charge is 2.12. The maximum atomic E-state index is 4.55. The lowest BCUT2D eigenvalue weighted by molar-refractivity contribution is 0.789. The molecule has 0 radical (unpaired) electrons. The number of nitrogens with zero attached hydrogens (tertiary/aromatic N) is 2. The van der Waals surface area contributed by atoms with Gasteiger partial charge in [0.05, 0.1) is 0 Å². The predicted molar refractivity (Wildman–Crippen MR) is 91.4 cm³/mol. The topological polar surface area (TPSA) is 49.8 Å². The molecule has 2 N–H and O–H groups in total. The fourth-order valence-corrected chi connectivity index (χ4v) is 3.03. The molecule has 0 spiro atoms. The molecule has 114 valence electrons. The SMILES string of the molecule is CCCNc1nc(C)nc(NC(C)Cc2cccs2)c1C. The first kappa shape index (κ1) is 15.8. The zero-order chi connectivity index (χ0) is 15.2. The van der Waals surface area contributed by atoms with Crippen molar-refractivity contribution >= 4 is 23.0 Å². The van der Waals surface area contributed by atoms with Gasteiger partial charge in [-0.05, 0) is 38.6 Å². The van der Waals surface area contributed by atoms with Crippen molar-refractivity contribution in [2.24, 2.45) is 0 Å². The van der Waals surface area contributed by atoms with Gasteiger partial charge >= 0.3 is 0 Å². The minimum absolute atomic E-state index is 0.343. The second-order valence-corrected chi connectivity index (χ2v) is 6.38. The monoisotopic (exact) mass is 304 g/mol. The van der Waals surface area contributed by atoms with Crippen LogP contribution in [0.1, 0.15) is 36.5 Å². The summed E-state index contributed by atoms with van der Waals surface area (Å²) < 4.78 is 0. The van der Waals surface area contributed by atoms with E-state index in [0.29, 0.717) is 6.04 Å². The van der Waals surface area contributed by atoms with Crippen LogP contribution in [0.4, 0.5) is 11.6 Å². The van der Waals surface area contributed by atoms with E-state index in [4.69, 9.17) is 0 Å². The molecule has 21 heavy (non-hydrogen) atoms. The molecular weight excluding hydrogens is 280 g/mol. The van der Waals surface area contributed by atoms with Crippen LogP contribution < -0.4 is 10.6 Å². The van der Waals surface area contributed by atoms with Gasteiger partial charge in [-0.15, -0.1) is 11.3 Å². The fraction of sp³-hybridized carbons (Fsp3) is 0.500. The van der Waals surface area contributed by atoms with Crippen LogP contribution in [0, 0.1) is 13.8 Å². The number of hydrogen-bond acceptors (Lipinski definition) is 5. The van der Waals surface area contributed by atoms with Crippen molar-refractivity contribution in [1.29, 1.82) is 0 Å². The van der Waals surface area contributed by atoms with E-state index < -0.39 is 0 Å². The molecule has 2 heterocycles. The van der Waals surface area contributed by atoms with E-state index in [1.807, 2.05) is 6.92 Å². The van der Waals surface area contributed by atoms with Crippen LogP contribution in [0.25, 0.3) is 0 Å².